The van der Waals surface area contributed by atoms with Gasteiger partial charge in [-0.1, -0.05) is 40.0 Å². The molecule has 0 rings (SSSR count). The van der Waals surface area contributed by atoms with Crippen LogP contribution >= 0.6 is 79.2 Å². The van der Waals surface area contributed by atoms with Gasteiger partial charge in [0.1, 0.15) is 0 Å². The Morgan fingerprint density at radius 1 is 0.556 bits per heavy atom. The minimum atomic E-state index is -0.527. The lowest BCUT2D eigenvalue weighted by atomic mass is 10.4. The standard InChI is InChI=1S/C14H32P.3HI/c1-5-9-12-15(8-4,13-10-6-2)14-11-7-3;;;/h5-14H2,1-4H3;3*1H/q+1;;;. The summed E-state index contributed by atoms with van der Waals surface area (Å²) in [6.07, 6.45) is 14.9. The third kappa shape index (κ3) is 13.6. The molecular formula is C14H35I3P+. The van der Waals surface area contributed by atoms with Gasteiger partial charge in [-0.25, -0.2) is 0 Å². The van der Waals surface area contributed by atoms with Crippen LogP contribution in [0.15, 0.2) is 0 Å². The molecule has 18 heavy (non-hydrogen) atoms. The average molecular weight is 615 g/mol. The molecule has 0 nitrogen and oxygen atoms in total. The Morgan fingerprint density at radius 3 is 1.00 bits per heavy atom. The van der Waals surface area contributed by atoms with Crippen molar-refractivity contribution in [3.63, 3.8) is 0 Å². The summed E-state index contributed by atoms with van der Waals surface area (Å²) < 4.78 is 0. The van der Waals surface area contributed by atoms with E-state index in [0.29, 0.717) is 0 Å². The van der Waals surface area contributed by atoms with Crippen molar-refractivity contribution in [1.29, 1.82) is 0 Å². The molecule has 0 radical (unpaired) electrons. The number of hydrogen-bond donors (Lipinski definition) is 0. The maximum absolute atomic E-state index is 2.45. The predicted molar refractivity (Wildman–Crippen MR) is 123 cm³/mol. The second-order valence-corrected chi connectivity index (χ2v) is 9.55. The monoisotopic (exact) mass is 615 g/mol. The second-order valence-electron chi connectivity index (χ2n) is 4.89. The van der Waals surface area contributed by atoms with Crippen LogP contribution in [-0.2, 0) is 0 Å². The van der Waals surface area contributed by atoms with Gasteiger partial charge in [0.15, 0.2) is 0 Å². The highest BCUT2D eigenvalue weighted by Crippen LogP contribution is 2.60. The lowest BCUT2D eigenvalue weighted by molar-refractivity contribution is 0.834. The first-order chi connectivity index (χ1) is 7.24. The van der Waals surface area contributed by atoms with E-state index in [0.717, 1.165) is 0 Å². The van der Waals surface area contributed by atoms with E-state index in [4.69, 9.17) is 0 Å². The largest absolute Gasteiger partial charge is 0.107 e. The first-order valence-corrected chi connectivity index (χ1v) is 9.62. The van der Waals surface area contributed by atoms with Crippen LogP contribution in [0.25, 0.3) is 0 Å². The summed E-state index contributed by atoms with van der Waals surface area (Å²) in [7, 11) is -0.527. The first-order valence-electron chi connectivity index (χ1n) is 7.09. The molecule has 4 heteroatoms. The molecule has 0 bridgehead atoms. The Labute approximate surface area is 168 Å². The Balaban J connectivity index is -0.000000327. The summed E-state index contributed by atoms with van der Waals surface area (Å²) in [5.74, 6) is 0. The van der Waals surface area contributed by atoms with Crippen LogP contribution in [0.1, 0.15) is 66.2 Å². The Morgan fingerprint density at radius 2 is 0.833 bits per heavy atom. The van der Waals surface area contributed by atoms with Crippen molar-refractivity contribution in [2.45, 2.75) is 66.2 Å². The summed E-state index contributed by atoms with van der Waals surface area (Å²) in [5, 5.41) is 0. The van der Waals surface area contributed by atoms with Gasteiger partial charge >= 0.3 is 0 Å². The molecule has 0 saturated carbocycles. The van der Waals surface area contributed by atoms with E-state index in [9.17, 15) is 0 Å². The van der Waals surface area contributed by atoms with Crippen LogP contribution in [0.2, 0.25) is 0 Å². The maximum Gasteiger partial charge on any atom is 0.0594 e. The van der Waals surface area contributed by atoms with Crippen LogP contribution in [0.4, 0.5) is 0 Å². The number of unbranched alkanes of at least 4 members (excludes halogenated alkanes) is 3. The third-order valence-corrected chi connectivity index (χ3v) is 8.77. The SMILES string of the molecule is CCCC[P+](CC)(CCCC)CCCC.I.I.I. The van der Waals surface area contributed by atoms with Crippen molar-refractivity contribution >= 4 is 79.2 Å². The highest BCUT2D eigenvalue weighted by molar-refractivity contribution is 14.0. The van der Waals surface area contributed by atoms with Crippen molar-refractivity contribution in [2.75, 3.05) is 24.6 Å². The summed E-state index contributed by atoms with van der Waals surface area (Å²) in [5.41, 5.74) is 0. The van der Waals surface area contributed by atoms with Gasteiger partial charge in [0.25, 0.3) is 0 Å². The molecule has 0 amide bonds. The van der Waals surface area contributed by atoms with Crippen LogP contribution in [0.3, 0.4) is 0 Å². The second kappa shape index (κ2) is 19.6. The van der Waals surface area contributed by atoms with Crippen molar-refractivity contribution in [3.05, 3.63) is 0 Å². The van der Waals surface area contributed by atoms with Gasteiger partial charge < -0.3 is 0 Å². The molecular weight excluding hydrogens is 580 g/mol. The van der Waals surface area contributed by atoms with Gasteiger partial charge in [-0.3, -0.25) is 0 Å². The smallest absolute Gasteiger partial charge is 0.0594 e. The molecule has 116 valence electrons. The zero-order valence-corrected chi connectivity index (χ0v) is 20.6. The highest BCUT2D eigenvalue weighted by atomic mass is 127. The lowest BCUT2D eigenvalue weighted by Gasteiger charge is -2.26. The maximum atomic E-state index is 2.45. The van der Waals surface area contributed by atoms with Crippen LogP contribution in [0.5, 0.6) is 0 Å². The molecule has 0 aromatic heterocycles. The molecule has 0 fully saturated rings. The van der Waals surface area contributed by atoms with Crippen molar-refractivity contribution < 1.29 is 0 Å². The molecule has 0 aliphatic rings. The zero-order chi connectivity index (χ0) is 11.6. The number of rotatable bonds is 10. The Kier molecular flexibility index (Phi) is 31.3. The molecule has 0 aliphatic heterocycles. The molecule has 0 spiro atoms. The first kappa shape index (κ1) is 28.7. The van der Waals surface area contributed by atoms with E-state index >= 15 is 0 Å². The highest BCUT2D eigenvalue weighted by Gasteiger charge is 2.32. The molecule has 0 heterocycles. The zero-order valence-electron chi connectivity index (χ0n) is 12.7. The van der Waals surface area contributed by atoms with Gasteiger partial charge in [-0.15, -0.1) is 71.9 Å². The quantitative estimate of drug-likeness (QED) is 0.179. The van der Waals surface area contributed by atoms with Gasteiger partial charge in [-0.2, -0.15) is 0 Å². The summed E-state index contributed by atoms with van der Waals surface area (Å²) in [4.78, 5) is 0. The van der Waals surface area contributed by atoms with Crippen LogP contribution in [-0.4, -0.2) is 24.6 Å². The summed E-state index contributed by atoms with van der Waals surface area (Å²) in [6.45, 7) is 9.46. The molecule has 0 unspecified atom stereocenters. The number of hydrogen-bond acceptors (Lipinski definition) is 0. The molecule has 0 aromatic carbocycles. The molecule has 0 aliphatic carbocycles. The van der Waals surface area contributed by atoms with Crippen molar-refractivity contribution in [1.82, 2.24) is 0 Å². The molecule has 0 saturated heterocycles. The van der Waals surface area contributed by atoms with Crippen LogP contribution in [0, 0.1) is 0 Å². The normalized spacial score (nSPS) is 10.0. The fourth-order valence-corrected chi connectivity index (χ4v) is 6.87. The van der Waals surface area contributed by atoms with Gasteiger partial charge in [-0.05, 0) is 26.2 Å². The van der Waals surface area contributed by atoms with E-state index < -0.39 is 7.26 Å². The Hall–Kier alpha value is 2.62. The fraction of sp³-hybridized carbons (Fsp3) is 1.00. The van der Waals surface area contributed by atoms with Gasteiger partial charge in [0.2, 0.25) is 0 Å². The van der Waals surface area contributed by atoms with E-state index in [1.165, 1.54) is 44.7 Å². The molecule has 0 N–H and O–H groups in total. The van der Waals surface area contributed by atoms with E-state index in [-0.39, 0.29) is 71.9 Å². The minimum Gasteiger partial charge on any atom is -0.107 e. The molecule has 0 atom stereocenters. The fourth-order valence-electron chi connectivity index (χ4n) is 2.29. The van der Waals surface area contributed by atoms with E-state index in [1.54, 1.807) is 18.5 Å². The Bertz CT molecular complexity index is 121. The van der Waals surface area contributed by atoms with Gasteiger partial charge in [0, 0.05) is 7.26 Å². The van der Waals surface area contributed by atoms with Crippen molar-refractivity contribution in [3.8, 4) is 0 Å². The minimum absolute atomic E-state index is 0. The third-order valence-electron chi connectivity index (χ3n) is 3.63. The lowest BCUT2D eigenvalue weighted by Crippen LogP contribution is -2.11. The van der Waals surface area contributed by atoms with E-state index in [2.05, 4.69) is 27.7 Å². The van der Waals surface area contributed by atoms with Crippen molar-refractivity contribution in [2.24, 2.45) is 0 Å². The summed E-state index contributed by atoms with van der Waals surface area (Å²) in [6, 6.07) is 0. The van der Waals surface area contributed by atoms with Crippen LogP contribution < -0.4 is 0 Å². The van der Waals surface area contributed by atoms with Gasteiger partial charge in [0.05, 0.1) is 24.6 Å². The molecule has 0 aromatic rings. The average Bonchev–Trinajstić information content (AvgIpc) is 2.29. The predicted octanol–water partition coefficient (Wildman–Crippen LogP) is 7.28. The van der Waals surface area contributed by atoms with E-state index in [1.807, 2.05) is 0 Å². The number of halogens is 3. The topological polar surface area (TPSA) is 0 Å². The summed E-state index contributed by atoms with van der Waals surface area (Å²) >= 11 is 0.